The van der Waals surface area contributed by atoms with Crippen LogP contribution in [0, 0.1) is 12.3 Å². The first-order valence-corrected chi connectivity index (χ1v) is 9.44. The first-order valence-electron chi connectivity index (χ1n) is 9.44. The Kier molecular flexibility index (Phi) is 5.35. The lowest BCUT2D eigenvalue weighted by Crippen LogP contribution is -2.30. The van der Waals surface area contributed by atoms with Gasteiger partial charge >= 0.3 is 0 Å². The molecule has 3 rings (SSSR count). The number of carbonyl (C=O) groups excluding carboxylic acids is 1. The fourth-order valence-corrected chi connectivity index (χ4v) is 3.41. The topological polar surface area (TPSA) is 78.1 Å². The normalized spacial score (nSPS) is 14.0. The molecule has 1 aliphatic heterocycles. The highest BCUT2D eigenvalue weighted by atomic mass is 16.1. The van der Waals surface area contributed by atoms with Crippen LogP contribution in [-0.2, 0) is 17.8 Å². The Morgan fingerprint density at radius 1 is 1.33 bits per heavy atom. The average molecular weight is 368 g/mol. The summed E-state index contributed by atoms with van der Waals surface area (Å²) in [6.07, 6.45) is 4.03. The van der Waals surface area contributed by atoms with Gasteiger partial charge in [0.25, 0.3) is 0 Å². The highest BCUT2D eigenvalue weighted by Gasteiger charge is 2.22. The van der Waals surface area contributed by atoms with Crippen LogP contribution < -0.4 is 15.8 Å². The molecule has 2 aromatic heterocycles. The number of anilines is 2. The van der Waals surface area contributed by atoms with Crippen LogP contribution >= 0.6 is 0 Å². The lowest BCUT2D eigenvalue weighted by molar-refractivity contribution is -0.117. The first kappa shape index (κ1) is 19.1. The van der Waals surface area contributed by atoms with Gasteiger partial charge in [-0.05, 0) is 48.4 Å². The number of hydrogen-bond acceptors (Lipinski definition) is 4. The van der Waals surface area contributed by atoms with Crippen LogP contribution in [0.25, 0.3) is 0 Å². The summed E-state index contributed by atoms with van der Waals surface area (Å²) >= 11 is 0. The molecule has 0 saturated carbocycles. The van der Waals surface area contributed by atoms with E-state index in [0.717, 1.165) is 41.9 Å². The molecule has 0 aromatic carbocycles. The number of aromatic nitrogens is 2. The van der Waals surface area contributed by atoms with Gasteiger partial charge in [0.2, 0.25) is 11.5 Å². The monoisotopic (exact) mass is 368 g/mol. The number of nitrogens with zero attached hydrogens (tertiary/aromatic N) is 2. The van der Waals surface area contributed by atoms with Crippen LogP contribution in [0.4, 0.5) is 11.5 Å². The number of hydrogen-bond donors (Lipinski definition) is 2. The molecule has 6 heteroatoms. The highest BCUT2D eigenvalue weighted by molar-refractivity contribution is 5.91. The molecule has 144 valence electrons. The summed E-state index contributed by atoms with van der Waals surface area (Å²) in [6.45, 7) is 9.72. The number of H-pyrrole nitrogens is 1. The summed E-state index contributed by atoms with van der Waals surface area (Å²) in [5, 5.41) is 2.97. The van der Waals surface area contributed by atoms with Gasteiger partial charge in [0, 0.05) is 31.8 Å². The third kappa shape index (κ3) is 4.96. The number of fused-ring (bicyclic) bond motifs is 1. The molecule has 1 amide bonds. The van der Waals surface area contributed by atoms with Gasteiger partial charge in [0.05, 0.1) is 11.4 Å². The second kappa shape index (κ2) is 7.55. The zero-order valence-electron chi connectivity index (χ0n) is 16.6. The van der Waals surface area contributed by atoms with Gasteiger partial charge in [-0.3, -0.25) is 9.59 Å². The Labute approximate surface area is 160 Å². The zero-order chi connectivity index (χ0) is 19.6. The Morgan fingerprint density at radius 3 is 2.81 bits per heavy atom. The van der Waals surface area contributed by atoms with Crippen LogP contribution in [0.3, 0.4) is 0 Å². The summed E-state index contributed by atoms with van der Waals surface area (Å²) < 4.78 is 0. The molecular weight excluding hydrogens is 340 g/mol. The number of aromatic amines is 1. The number of rotatable bonds is 4. The summed E-state index contributed by atoms with van der Waals surface area (Å²) in [4.78, 5) is 33.5. The minimum absolute atomic E-state index is 0.00535. The number of nitrogens with one attached hydrogen (secondary N) is 2. The van der Waals surface area contributed by atoms with Crippen molar-refractivity contribution < 1.29 is 4.79 Å². The molecule has 3 heterocycles. The van der Waals surface area contributed by atoms with E-state index in [1.165, 1.54) is 0 Å². The largest absolute Gasteiger partial charge is 0.366 e. The standard InChI is InChI=1S/C21H28N4O2/c1-14-10-17-16(23-20(14)24-19(27)12-21(2,3)4)6-5-9-25(17)13-15-7-8-22-18(26)11-15/h7-8,10-11H,5-6,9,12-13H2,1-4H3,(H,22,26)(H,23,24,27). The predicted molar refractivity (Wildman–Crippen MR) is 108 cm³/mol. The Bertz CT molecular complexity index is 896. The minimum Gasteiger partial charge on any atom is -0.366 e. The van der Waals surface area contributed by atoms with Crippen molar-refractivity contribution in [3.8, 4) is 0 Å². The molecule has 27 heavy (non-hydrogen) atoms. The molecule has 2 aromatic rings. The lowest BCUT2D eigenvalue weighted by atomic mass is 9.92. The van der Waals surface area contributed by atoms with Crippen LogP contribution in [0.2, 0.25) is 0 Å². The predicted octanol–water partition coefficient (Wildman–Crippen LogP) is 3.41. The molecule has 2 N–H and O–H groups in total. The van der Waals surface area contributed by atoms with Crippen molar-refractivity contribution in [2.24, 2.45) is 5.41 Å². The van der Waals surface area contributed by atoms with Gasteiger partial charge in [-0.1, -0.05) is 20.8 Å². The lowest BCUT2D eigenvalue weighted by Gasteiger charge is -2.31. The third-order valence-corrected chi connectivity index (χ3v) is 4.61. The van der Waals surface area contributed by atoms with E-state index in [9.17, 15) is 9.59 Å². The van der Waals surface area contributed by atoms with Crippen molar-refractivity contribution in [2.75, 3.05) is 16.8 Å². The van der Waals surface area contributed by atoms with Crippen LogP contribution in [-0.4, -0.2) is 22.4 Å². The van der Waals surface area contributed by atoms with Crippen molar-refractivity contribution in [3.05, 3.63) is 51.6 Å². The zero-order valence-corrected chi connectivity index (χ0v) is 16.6. The molecule has 0 spiro atoms. The van der Waals surface area contributed by atoms with E-state index in [1.54, 1.807) is 12.3 Å². The van der Waals surface area contributed by atoms with E-state index in [0.29, 0.717) is 18.8 Å². The summed E-state index contributed by atoms with van der Waals surface area (Å²) in [6, 6.07) is 5.66. The molecule has 0 bridgehead atoms. The molecule has 0 fully saturated rings. The summed E-state index contributed by atoms with van der Waals surface area (Å²) in [5.41, 5.74) is 3.88. The maximum atomic E-state index is 12.3. The number of pyridine rings is 2. The fraction of sp³-hybridized carbons (Fsp3) is 0.476. The number of aryl methyl sites for hydroxylation is 2. The average Bonchev–Trinajstić information content (AvgIpc) is 2.54. The summed E-state index contributed by atoms with van der Waals surface area (Å²) in [5.74, 6) is 0.648. The SMILES string of the molecule is Cc1cc2c(nc1NC(=O)CC(C)(C)C)CCCN2Cc1cc[nH]c(=O)c1. The van der Waals surface area contributed by atoms with Crippen molar-refractivity contribution in [1.29, 1.82) is 0 Å². The molecule has 0 saturated heterocycles. The molecule has 0 unspecified atom stereocenters. The van der Waals surface area contributed by atoms with Gasteiger partial charge in [-0.15, -0.1) is 0 Å². The number of amides is 1. The van der Waals surface area contributed by atoms with Gasteiger partial charge in [0.1, 0.15) is 5.82 Å². The van der Waals surface area contributed by atoms with E-state index < -0.39 is 0 Å². The van der Waals surface area contributed by atoms with E-state index in [4.69, 9.17) is 4.98 Å². The van der Waals surface area contributed by atoms with Crippen molar-refractivity contribution in [3.63, 3.8) is 0 Å². The van der Waals surface area contributed by atoms with Crippen LogP contribution in [0.15, 0.2) is 29.2 Å². The van der Waals surface area contributed by atoms with E-state index in [-0.39, 0.29) is 16.9 Å². The molecule has 1 aliphatic rings. The van der Waals surface area contributed by atoms with E-state index in [2.05, 4.69) is 21.3 Å². The van der Waals surface area contributed by atoms with Crippen LogP contribution in [0.5, 0.6) is 0 Å². The van der Waals surface area contributed by atoms with Gasteiger partial charge in [-0.25, -0.2) is 4.98 Å². The second-order valence-corrected chi connectivity index (χ2v) is 8.49. The summed E-state index contributed by atoms with van der Waals surface area (Å²) in [7, 11) is 0. The van der Waals surface area contributed by atoms with Crippen LogP contribution in [0.1, 0.15) is 50.4 Å². The molecule has 0 radical (unpaired) electrons. The fourth-order valence-electron chi connectivity index (χ4n) is 3.41. The first-order chi connectivity index (χ1) is 12.7. The quantitative estimate of drug-likeness (QED) is 0.867. The van der Waals surface area contributed by atoms with Gasteiger partial charge < -0.3 is 15.2 Å². The molecule has 6 nitrogen and oxygen atoms in total. The minimum atomic E-state index is -0.0871. The maximum Gasteiger partial charge on any atom is 0.248 e. The third-order valence-electron chi connectivity index (χ3n) is 4.61. The van der Waals surface area contributed by atoms with Crippen molar-refractivity contribution in [1.82, 2.24) is 9.97 Å². The maximum absolute atomic E-state index is 12.3. The van der Waals surface area contributed by atoms with Crippen molar-refractivity contribution >= 4 is 17.4 Å². The highest BCUT2D eigenvalue weighted by Crippen LogP contribution is 2.31. The van der Waals surface area contributed by atoms with Gasteiger partial charge in [0.15, 0.2) is 0 Å². The Balaban J connectivity index is 1.82. The molecule has 0 aliphatic carbocycles. The Morgan fingerprint density at radius 2 is 2.11 bits per heavy atom. The second-order valence-electron chi connectivity index (χ2n) is 8.49. The van der Waals surface area contributed by atoms with Crippen molar-refractivity contribution in [2.45, 2.75) is 53.5 Å². The van der Waals surface area contributed by atoms with E-state index in [1.807, 2.05) is 33.8 Å². The van der Waals surface area contributed by atoms with E-state index >= 15 is 0 Å². The number of carbonyl (C=O) groups is 1. The molecule has 0 atom stereocenters. The van der Waals surface area contributed by atoms with Gasteiger partial charge in [-0.2, -0.15) is 0 Å². The Hall–Kier alpha value is -2.63. The smallest absolute Gasteiger partial charge is 0.248 e. The molecular formula is C21H28N4O2.